The summed E-state index contributed by atoms with van der Waals surface area (Å²) in [6.07, 6.45) is 4.19. The van der Waals surface area contributed by atoms with Crippen LogP contribution in [-0.4, -0.2) is 15.8 Å². The van der Waals surface area contributed by atoms with Crippen molar-refractivity contribution in [2.75, 3.05) is 0 Å². The third-order valence-corrected chi connectivity index (χ3v) is 5.83. The lowest BCUT2D eigenvalue weighted by molar-refractivity contribution is 0.233. The van der Waals surface area contributed by atoms with Crippen molar-refractivity contribution >= 4 is 34.4 Å². The SMILES string of the molecule is Cc1csc(C2C(N)=NC(=S)C(C#N)C23CCCC3)n1. The normalized spacial score (nSPS) is 28.4. The van der Waals surface area contributed by atoms with Crippen molar-refractivity contribution in [2.45, 2.75) is 38.5 Å². The molecule has 2 N–H and O–H groups in total. The molecule has 0 bridgehead atoms. The quantitative estimate of drug-likeness (QED) is 0.809. The number of amidine groups is 1. The summed E-state index contributed by atoms with van der Waals surface area (Å²) in [5, 5.41) is 12.6. The van der Waals surface area contributed by atoms with Gasteiger partial charge in [-0.25, -0.2) is 9.98 Å². The first kappa shape index (κ1) is 13.7. The van der Waals surface area contributed by atoms with Gasteiger partial charge >= 0.3 is 0 Å². The molecule has 4 nitrogen and oxygen atoms in total. The van der Waals surface area contributed by atoms with E-state index in [-0.39, 0.29) is 17.3 Å². The van der Waals surface area contributed by atoms with Crippen molar-refractivity contribution in [3.8, 4) is 6.07 Å². The van der Waals surface area contributed by atoms with Gasteiger partial charge in [0.1, 0.15) is 21.7 Å². The van der Waals surface area contributed by atoms with Gasteiger partial charge in [0.05, 0.1) is 12.0 Å². The van der Waals surface area contributed by atoms with Gasteiger partial charge in [0.2, 0.25) is 0 Å². The number of hydrogen-bond acceptors (Lipinski definition) is 5. The Labute approximate surface area is 127 Å². The largest absolute Gasteiger partial charge is 0.387 e. The van der Waals surface area contributed by atoms with Crippen LogP contribution < -0.4 is 5.73 Å². The van der Waals surface area contributed by atoms with Crippen molar-refractivity contribution in [2.24, 2.45) is 22.1 Å². The lowest BCUT2D eigenvalue weighted by Gasteiger charge is -2.42. The van der Waals surface area contributed by atoms with Gasteiger partial charge in [-0.15, -0.1) is 11.3 Å². The van der Waals surface area contributed by atoms with Gasteiger partial charge in [-0.1, -0.05) is 25.1 Å². The van der Waals surface area contributed by atoms with Crippen LogP contribution in [0.4, 0.5) is 0 Å². The zero-order valence-corrected chi connectivity index (χ0v) is 12.9. The van der Waals surface area contributed by atoms with Crippen LogP contribution in [0.3, 0.4) is 0 Å². The number of nitriles is 1. The zero-order valence-electron chi connectivity index (χ0n) is 11.3. The van der Waals surface area contributed by atoms with E-state index in [1.807, 2.05) is 12.3 Å². The van der Waals surface area contributed by atoms with Gasteiger partial charge in [0.25, 0.3) is 0 Å². The Morgan fingerprint density at radius 1 is 1.50 bits per heavy atom. The highest BCUT2D eigenvalue weighted by Crippen LogP contribution is 2.56. The summed E-state index contributed by atoms with van der Waals surface area (Å²) < 4.78 is 0. The van der Waals surface area contributed by atoms with E-state index in [1.165, 1.54) is 0 Å². The Morgan fingerprint density at radius 2 is 2.20 bits per heavy atom. The molecular formula is C14H16N4S2. The zero-order chi connectivity index (χ0) is 14.3. The van der Waals surface area contributed by atoms with Crippen molar-refractivity contribution < 1.29 is 0 Å². The van der Waals surface area contributed by atoms with Crippen molar-refractivity contribution in [3.63, 3.8) is 0 Å². The first-order valence-corrected chi connectivity index (χ1v) is 8.07. The number of nitrogens with two attached hydrogens (primary N) is 1. The van der Waals surface area contributed by atoms with Crippen molar-refractivity contribution in [1.82, 2.24) is 4.98 Å². The molecule has 1 saturated carbocycles. The van der Waals surface area contributed by atoms with E-state index in [1.54, 1.807) is 11.3 Å². The molecule has 0 saturated heterocycles. The number of aryl methyl sites for hydroxylation is 1. The molecule has 2 atom stereocenters. The molecule has 6 heteroatoms. The van der Waals surface area contributed by atoms with Crippen LogP contribution in [0.5, 0.6) is 0 Å². The minimum absolute atomic E-state index is 0.0555. The second-order valence-electron chi connectivity index (χ2n) is 5.64. The summed E-state index contributed by atoms with van der Waals surface area (Å²) in [4.78, 5) is 9.35. The van der Waals surface area contributed by atoms with Crippen LogP contribution in [0.25, 0.3) is 0 Å². The first-order valence-electron chi connectivity index (χ1n) is 6.78. The molecule has 20 heavy (non-hydrogen) atoms. The fourth-order valence-electron chi connectivity index (χ4n) is 3.63. The summed E-state index contributed by atoms with van der Waals surface area (Å²) in [5.74, 6) is 0.166. The Morgan fingerprint density at radius 3 is 2.75 bits per heavy atom. The molecule has 0 amide bonds. The Hall–Kier alpha value is -1.32. The number of hydrogen-bond donors (Lipinski definition) is 1. The molecule has 1 spiro atoms. The second-order valence-corrected chi connectivity index (χ2v) is 6.95. The topological polar surface area (TPSA) is 75.1 Å². The highest BCUT2D eigenvalue weighted by Gasteiger charge is 2.54. The second kappa shape index (κ2) is 4.90. The van der Waals surface area contributed by atoms with E-state index in [2.05, 4.69) is 16.0 Å². The van der Waals surface area contributed by atoms with E-state index in [9.17, 15) is 5.26 Å². The third-order valence-electron chi connectivity index (χ3n) is 4.48. The molecule has 2 heterocycles. The minimum Gasteiger partial charge on any atom is -0.387 e. The van der Waals surface area contributed by atoms with E-state index in [0.717, 1.165) is 36.4 Å². The average molecular weight is 304 g/mol. The van der Waals surface area contributed by atoms with Gasteiger partial charge < -0.3 is 5.73 Å². The monoisotopic (exact) mass is 304 g/mol. The van der Waals surface area contributed by atoms with Gasteiger partial charge in [0, 0.05) is 16.5 Å². The molecule has 1 aliphatic heterocycles. The summed E-state index contributed by atoms with van der Waals surface area (Å²) >= 11 is 6.92. The van der Waals surface area contributed by atoms with Gasteiger partial charge in [-0.05, 0) is 19.8 Å². The van der Waals surface area contributed by atoms with Crippen LogP contribution in [0.2, 0.25) is 0 Å². The molecule has 1 aromatic heterocycles. The molecule has 1 aliphatic carbocycles. The van der Waals surface area contributed by atoms with Crippen LogP contribution in [-0.2, 0) is 0 Å². The van der Waals surface area contributed by atoms with Crippen LogP contribution in [0, 0.1) is 29.6 Å². The maximum atomic E-state index is 9.58. The molecule has 3 rings (SSSR count). The molecule has 1 aromatic rings. The van der Waals surface area contributed by atoms with E-state index in [4.69, 9.17) is 18.0 Å². The van der Waals surface area contributed by atoms with Crippen molar-refractivity contribution in [1.29, 1.82) is 5.26 Å². The highest BCUT2D eigenvalue weighted by molar-refractivity contribution is 7.80. The summed E-state index contributed by atoms with van der Waals surface area (Å²) in [5.41, 5.74) is 7.00. The lowest BCUT2D eigenvalue weighted by Crippen LogP contribution is -2.47. The predicted octanol–water partition coefficient (Wildman–Crippen LogP) is 2.93. The molecular weight excluding hydrogens is 288 g/mol. The average Bonchev–Trinajstić information content (AvgIpc) is 3.00. The summed E-state index contributed by atoms with van der Waals surface area (Å²) in [7, 11) is 0. The Bertz CT molecular complexity index is 619. The van der Waals surface area contributed by atoms with Crippen molar-refractivity contribution in [3.05, 3.63) is 16.1 Å². The van der Waals surface area contributed by atoms with Gasteiger partial charge in [-0.2, -0.15) is 5.26 Å². The Kier molecular flexibility index (Phi) is 3.35. The minimum atomic E-state index is -0.318. The first-order chi connectivity index (χ1) is 9.58. The van der Waals surface area contributed by atoms with Gasteiger partial charge in [0.15, 0.2) is 0 Å². The molecule has 0 aromatic carbocycles. The molecule has 1 fully saturated rings. The summed E-state index contributed by atoms with van der Waals surface area (Å²) in [6, 6.07) is 2.39. The maximum Gasteiger partial charge on any atom is 0.123 e. The van der Waals surface area contributed by atoms with E-state index >= 15 is 0 Å². The smallest absolute Gasteiger partial charge is 0.123 e. The Balaban J connectivity index is 2.16. The number of rotatable bonds is 1. The summed E-state index contributed by atoms with van der Waals surface area (Å²) in [6.45, 7) is 1.98. The van der Waals surface area contributed by atoms with E-state index < -0.39 is 0 Å². The molecule has 2 aliphatic rings. The third kappa shape index (κ3) is 1.88. The number of nitrogens with zero attached hydrogens (tertiary/aromatic N) is 3. The molecule has 0 radical (unpaired) electrons. The van der Waals surface area contributed by atoms with Gasteiger partial charge in [-0.3, -0.25) is 0 Å². The molecule has 104 valence electrons. The number of aliphatic imine (C=N–C) groups is 1. The maximum absolute atomic E-state index is 9.58. The molecule has 2 unspecified atom stereocenters. The van der Waals surface area contributed by atoms with E-state index in [0.29, 0.717) is 10.8 Å². The number of thiazole rings is 1. The van der Waals surface area contributed by atoms with Crippen LogP contribution in [0.15, 0.2) is 10.4 Å². The fraction of sp³-hybridized carbons (Fsp3) is 0.571. The van der Waals surface area contributed by atoms with Crippen LogP contribution in [0.1, 0.15) is 42.3 Å². The van der Waals surface area contributed by atoms with Crippen LogP contribution >= 0.6 is 23.6 Å². The fourth-order valence-corrected chi connectivity index (χ4v) is 5.06. The highest BCUT2D eigenvalue weighted by atomic mass is 32.1. The number of aromatic nitrogens is 1. The number of thiocarbonyl (C=S) groups is 1. The lowest BCUT2D eigenvalue weighted by atomic mass is 9.63. The predicted molar refractivity (Wildman–Crippen MR) is 83.8 cm³/mol. The standard InChI is InChI=1S/C14H16N4S2/c1-8-7-20-13(17-8)10-11(16)18-12(19)9(6-15)14(10)4-2-3-5-14/h7,9-10H,2-5H2,1H3,(H2,16,18,19).